The van der Waals surface area contributed by atoms with Gasteiger partial charge in [-0.1, -0.05) is 34.1 Å². The van der Waals surface area contributed by atoms with E-state index in [0.29, 0.717) is 12.0 Å². The fourth-order valence-corrected chi connectivity index (χ4v) is 2.48. The molecule has 15 heavy (non-hydrogen) atoms. The monoisotopic (exact) mass is 270 g/mol. The molecule has 1 heterocycles. The van der Waals surface area contributed by atoms with Gasteiger partial charge in [0.05, 0.1) is 19.8 Å². The summed E-state index contributed by atoms with van der Waals surface area (Å²) >= 11 is 3.46. The Morgan fingerprint density at radius 2 is 2.27 bits per heavy atom. The lowest BCUT2D eigenvalue weighted by atomic mass is 9.96. The third-order valence-electron chi connectivity index (χ3n) is 2.83. The Balaban J connectivity index is 2.16. The second-order valence-electron chi connectivity index (χ2n) is 3.78. The van der Waals surface area contributed by atoms with Crippen LogP contribution in [0.1, 0.15) is 17.9 Å². The Bertz CT molecular complexity index is 327. The molecule has 0 saturated carbocycles. The van der Waals surface area contributed by atoms with Gasteiger partial charge in [-0.3, -0.25) is 0 Å². The summed E-state index contributed by atoms with van der Waals surface area (Å²) < 4.78 is 11.0. The first-order chi connectivity index (χ1) is 7.35. The highest BCUT2D eigenvalue weighted by Gasteiger charge is 2.27. The largest absolute Gasteiger partial charge is 0.496 e. The van der Waals surface area contributed by atoms with Gasteiger partial charge in [-0.25, -0.2) is 0 Å². The van der Waals surface area contributed by atoms with Crippen molar-refractivity contribution in [2.75, 3.05) is 19.0 Å². The van der Waals surface area contributed by atoms with Crippen molar-refractivity contribution in [3.05, 3.63) is 29.8 Å². The van der Waals surface area contributed by atoms with Crippen LogP contribution < -0.4 is 4.74 Å². The SMILES string of the molecule is COc1ccccc1[C@@H]1CO[C@H](CBr)C1. The highest BCUT2D eigenvalue weighted by molar-refractivity contribution is 9.09. The zero-order valence-electron chi connectivity index (χ0n) is 8.78. The summed E-state index contributed by atoms with van der Waals surface area (Å²) in [6.45, 7) is 0.802. The van der Waals surface area contributed by atoms with Crippen molar-refractivity contribution in [1.82, 2.24) is 0 Å². The van der Waals surface area contributed by atoms with Crippen molar-refractivity contribution in [2.45, 2.75) is 18.4 Å². The van der Waals surface area contributed by atoms with Gasteiger partial charge in [0.15, 0.2) is 0 Å². The maximum atomic E-state index is 5.67. The molecule has 3 heteroatoms. The topological polar surface area (TPSA) is 18.5 Å². The molecule has 82 valence electrons. The van der Waals surface area contributed by atoms with E-state index in [9.17, 15) is 0 Å². The highest BCUT2D eigenvalue weighted by atomic mass is 79.9. The molecule has 2 nitrogen and oxygen atoms in total. The number of hydrogen-bond acceptors (Lipinski definition) is 2. The van der Waals surface area contributed by atoms with Crippen LogP contribution >= 0.6 is 15.9 Å². The van der Waals surface area contributed by atoms with Gasteiger partial charge in [-0.2, -0.15) is 0 Å². The van der Waals surface area contributed by atoms with Crippen LogP contribution in [0.25, 0.3) is 0 Å². The van der Waals surface area contributed by atoms with Crippen LogP contribution in [0.15, 0.2) is 24.3 Å². The predicted molar refractivity (Wildman–Crippen MR) is 63.9 cm³/mol. The van der Waals surface area contributed by atoms with Crippen molar-refractivity contribution in [2.24, 2.45) is 0 Å². The molecule has 0 N–H and O–H groups in total. The summed E-state index contributed by atoms with van der Waals surface area (Å²) in [5, 5.41) is 0.915. The Kier molecular flexibility index (Phi) is 3.65. The number of para-hydroxylation sites is 1. The van der Waals surface area contributed by atoms with Crippen LogP contribution in [-0.4, -0.2) is 25.2 Å². The van der Waals surface area contributed by atoms with Crippen molar-refractivity contribution < 1.29 is 9.47 Å². The van der Waals surface area contributed by atoms with E-state index >= 15 is 0 Å². The molecule has 1 aromatic rings. The average molecular weight is 271 g/mol. The highest BCUT2D eigenvalue weighted by Crippen LogP contribution is 2.35. The number of ether oxygens (including phenoxy) is 2. The molecular formula is C12H15BrO2. The molecule has 0 bridgehead atoms. The van der Waals surface area contributed by atoms with Crippen LogP contribution in [0.3, 0.4) is 0 Å². The number of benzene rings is 1. The summed E-state index contributed by atoms with van der Waals surface area (Å²) in [6.07, 6.45) is 1.42. The molecule has 1 saturated heterocycles. The van der Waals surface area contributed by atoms with Crippen molar-refractivity contribution in [1.29, 1.82) is 0 Å². The van der Waals surface area contributed by atoms with Crippen LogP contribution in [-0.2, 0) is 4.74 Å². The molecule has 0 aromatic heterocycles. The van der Waals surface area contributed by atoms with E-state index in [2.05, 4.69) is 28.1 Å². The van der Waals surface area contributed by atoms with E-state index in [4.69, 9.17) is 9.47 Å². The molecule has 1 fully saturated rings. The standard InChI is InChI=1S/C12H15BrO2/c1-14-12-5-3-2-4-11(12)9-6-10(7-13)15-8-9/h2-5,9-10H,6-8H2,1H3/t9-,10-/m0/s1. The van der Waals surface area contributed by atoms with Crippen LogP contribution in [0.2, 0.25) is 0 Å². The molecule has 2 atom stereocenters. The lowest BCUT2D eigenvalue weighted by Crippen LogP contribution is -2.05. The smallest absolute Gasteiger partial charge is 0.122 e. The first kappa shape index (κ1) is 11.0. The number of halogens is 1. The maximum absolute atomic E-state index is 5.67. The van der Waals surface area contributed by atoms with Gasteiger partial charge in [0.1, 0.15) is 5.75 Å². The first-order valence-electron chi connectivity index (χ1n) is 5.15. The number of rotatable bonds is 3. The average Bonchev–Trinajstić information content (AvgIpc) is 2.77. The van der Waals surface area contributed by atoms with E-state index in [1.807, 2.05) is 12.1 Å². The molecule has 0 radical (unpaired) electrons. The second kappa shape index (κ2) is 4.99. The van der Waals surface area contributed by atoms with Gasteiger partial charge in [0.25, 0.3) is 0 Å². The number of hydrogen-bond donors (Lipinski definition) is 0. The first-order valence-corrected chi connectivity index (χ1v) is 6.27. The summed E-state index contributed by atoms with van der Waals surface area (Å²) in [4.78, 5) is 0. The summed E-state index contributed by atoms with van der Waals surface area (Å²) in [6, 6.07) is 8.19. The Labute approximate surface area is 98.7 Å². The number of alkyl halides is 1. The Morgan fingerprint density at radius 3 is 2.93 bits per heavy atom. The van der Waals surface area contributed by atoms with Crippen LogP contribution in [0.4, 0.5) is 0 Å². The van der Waals surface area contributed by atoms with Crippen molar-refractivity contribution in [3.63, 3.8) is 0 Å². The molecule has 0 unspecified atom stereocenters. The summed E-state index contributed by atoms with van der Waals surface area (Å²) in [5.74, 6) is 1.45. The zero-order chi connectivity index (χ0) is 10.7. The van der Waals surface area contributed by atoms with Gasteiger partial charge in [-0.05, 0) is 18.1 Å². The predicted octanol–water partition coefficient (Wildman–Crippen LogP) is 2.96. The van der Waals surface area contributed by atoms with Crippen LogP contribution in [0, 0.1) is 0 Å². The Morgan fingerprint density at radius 1 is 1.47 bits per heavy atom. The van der Waals surface area contributed by atoms with Gasteiger partial charge in [0, 0.05) is 11.2 Å². The third-order valence-corrected chi connectivity index (χ3v) is 3.55. The minimum absolute atomic E-state index is 0.347. The van der Waals surface area contributed by atoms with E-state index in [-0.39, 0.29) is 0 Å². The summed E-state index contributed by atoms with van der Waals surface area (Å²) in [7, 11) is 1.72. The lowest BCUT2D eigenvalue weighted by Gasteiger charge is -2.12. The van der Waals surface area contributed by atoms with Crippen molar-refractivity contribution >= 4 is 15.9 Å². The van der Waals surface area contributed by atoms with Gasteiger partial charge in [0.2, 0.25) is 0 Å². The molecule has 2 rings (SSSR count). The van der Waals surface area contributed by atoms with E-state index < -0.39 is 0 Å². The molecule has 0 amide bonds. The van der Waals surface area contributed by atoms with Gasteiger partial charge in [-0.15, -0.1) is 0 Å². The fraction of sp³-hybridized carbons (Fsp3) is 0.500. The fourth-order valence-electron chi connectivity index (χ4n) is 2.03. The third kappa shape index (κ3) is 2.34. The van der Waals surface area contributed by atoms with Gasteiger partial charge < -0.3 is 9.47 Å². The quantitative estimate of drug-likeness (QED) is 0.787. The molecule has 1 aromatic carbocycles. The minimum atomic E-state index is 0.347. The molecule has 0 aliphatic carbocycles. The normalized spacial score (nSPS) is 25.5. The maximum Gasteiger partial charge on any atom is 0.122 e. The van der Waals surface area contributed by atoms with Crippen molar-refractivity contribution in [3.8, 4) is 5.75 Å². The van der Waals surface area contributed by atoms with E-state index in [0.717, 1.165) is 24.1 Å². The molecular weight excluding hydrogens is 256 g/mol. The molecule has 1 aliphatic rings. The summed E-state index contributed by atoms with van der Waals surface area (Å²) in [5.41, 5.74) is 1.27. The Hall–Kier alpha value is -0.540. The number of methoxy groups -OCH3 is 1. The van der Waals surface area contributed by atoms with Gasteiger partial charge >= 0.3 is 0 Å². The minimum Gasteiger partial charge on any atom is -0.496 e. The van der Waals surface area contributed by atoms with E-state index in [1.54, 1.807) is 7.11 Å². The van der Waals surface area contributed by atoms with E-state index in [1.165, 1.54) is 5.56 Å². The lowest BCUT2D eigenvalue weighted by molar-refractivity contribution is 0.127. The zero-order valence-corrected chi connectivity index (χ0v) is 10.4. The molecule has 1 aliphatic heterocycles. The second-order valence-corrected chi connectivity index (χ2v) is 4.43. The molecule has 0 spiro atoms. The van der Waals surface area contributed by atoms with Crippen LogP contribution in [0.5, 0.6) is 5.75 Å².